The van der Waals surface area contributed by atoms with Gasteiger partial charge in [0, 0.05) is 5.39 Å². The molecule has 0 amide bonds. The summed E-state index contributed by atoms with van der Waals surface area (Å²) in [5, 5.41) is 11.5. The molecule has 0 saturated heterocycles. The number of hydrogen-bond acceptors (Lipinski definition) is 3. The molecule has 94 valence electrons. The monoisotopic (exact) mass is 356 g/mol. The van der Waals surface area contributed by atoms with Crippen LogP contribution >= 0.6 is 22.6 Å². The van der Waals surface area contributed by atoms with Crippen LogP contribution < -0.4 is 4.74 Å². The van der Waals surface area contributed by atoms with E-state index < -0.39 is 0 Å². The van der Waals surface area contributed by atoms with Crippen LogP contribution in [-0.4, -0.2) is 15.0 Å². The minimum Gasteiger partial charge on any atom is -0.504 e. The van der Waals surface area contributed by atoms with Crippen LogP contribution in [0.2, 0.25) is 0 Å². The smallest absolute Gasteiger partial charge is 0.324 e. The molecule has 0 aliphatic rings. The first kappa shape index (κ1) is 13.1. The number of alkyl halides is 1. The highest BCUT2D eigenvalue weighted by Gasteiger charge is 2.18. The van der Waals surface area contributed by atoms with Gasteiger partial charge in [-0.15, -0.1) is 0 Å². The normalized spacial score (nSPS) is 12.3. The number of ether oxygens (including phenoxy) is 1. The van der Waals surface area contributed by atoms with Gasteiger partial charge in [-0.25, -0.2) is 0 Å². The Balaban J connectivity index is 2.43. The summed E-state index contributed by atoms with van der Waals surface area (Å²) >= 11 is 2.04. The number of aromatic hydroxyl groups is 1. The lowest BCUT2D eigenvalue weighted by Gasteiger charge is -2.11. The zero-order valence-electron chi connectivity index (χ0n) is 9.89. The second kappa shape index (κ2) is 5.56. The molecule has 2 aromatic rings. The van der Waals surface area contributed by atoms with Crippen LogP contribution in [0.1, 0.15) is 13.3 Å². The number of fused-ring (bicyclic) bond motifs is 1. The molecule has 0 saturated carbocycles. The Morgan fingerprint density at radius 3 is 2.78 bits per heavy atom. The Kier molecular flexibility index (Phi) is 4.06. The number of phenols is 1. The quantitative estimate of drug-likeness (QED) is 0.395. The molecule has 0 radical (unpaired) electrons. The van der Waals surface area contributed by atoms with Gasteiger partial charge in [-0.05, 0) is 17.9 Å². The molecule has 3 nitrogen and oxygen atoms in total. The topological polar surface area (TPSA) is 46.5 Å². The molecule has 0 spiro atoms. The van der Waals surface area contributed by atoms with Gasteiger partial charge < -0.3 is 9.84 Å². The lowest BCUT2D eigenvalue weighted by molar-refractivity contribution is -0.133. The highest BCUT2D eigenvalue weighted by atomic mass is 127. The lowest BCUT2D eigenvalue weighted by Crippen LogP contribution is -2.19. The number of esters is 1. The predicted molar refractivity (Wildman–Crippen MR) is 79.3 cm³/mol. The zero-order valence-corrected chi connectivity index (χ0v) is 12.0. The minimum absolute atomic E-state index is 0.0123. The molecular weight excluding hydrogens is 343 g/mol. The summed E-state index contributed by atoms with van der Waals surface area (Å²) in [6, 6.07) is 10.8. The number of carbonyl (C=O) groups excluding carboxylic acids is 1. The van der Waals surface area contributed by atoms with Gasteiger partial charge in [0.1, 0.15) is 3.92 Å². The van der Waals surface area contributed by atoms with Crippen molar-refractivity contribution < 1.29 is 14.6 Å². The number of rotatable bonds is 3. The van der Waals surface area contributed by atoms with Gasteiger partial charge in [0.15, 0.2) is 11.5 Å². The molecular formula is C14H13IO3. The van der Waals surface area contributed by atoms with Gasteiger partial charge in [-0.1, -0.05) is 59.8 Å². The first-order valence-corrected chi connectivity index (χ1v) is 6.94. The summed E-state index contributed by atoms with van der Waals surface area (Å²) in [6.45, 7) is 1.92. The maximum atomic E-state index is 11.8. The van der Waals surface area contributed by atoms with Crippen molar-refractivity contribution in [2.45, 2.75) is 17.3 Å². The lowest BCUT2D eigenvalue weighted by atomic mass is 10.1. The summed E-state index contributed by atoms with van der Waals surface area (Å²) in [5.41, 5.74) is 0. The molecule has 0 aliphatic heterocycles. The SMILES string of the molecule is CCC(I)C(=O)Oc1c(O)ccc2ccccc12. The van der Waals surface area contributed by atoms with Crippen molar-refractivity contribution >= 4 is 39.3 Å². The van der Waals surface area contributed by atoms with Crippen molar-refractivity contribution in [3.63, 3.8) is 0 Å². The molecule has 0 heterocycles. The maximum absolute atomic E-state index is 11.8. The molecule has 2 rings (SSSR count). The predicted octanol–water partition coefficient (Wildman–Crippen LogP) is 3.66. The number of carbonyl (C=O) groups is 1. The average Bonchev–Trinajstić information content (AvgIpc) is 2.41. The summed E-state index contributed by atoms with van der Waals surface area (Å²) in [7, 11) is 0. The third-order valence-corrected chi connectivity index (χ3v) is 4.06. The van der Waals surface area contributed by atoms with E-state index in [9.17, 15) is 9.90 Å². The Morgan fingerprint density at radius 2 is 2.06 bits per heavy atom. The van der Waals surface area contributed by atoms with E-state index in [0.29, 0.717) is 6.42 Å². The van der Waals surface area contributed by atoms with Gasteiger partial charge >= 0.3 is 5.97 Å². The van der Waals surface area contributed by atoms with Crippen LogP contribution in [0.15, 0.2) is 36.4 Å². The standard InChI is InChI=1S/C14H13IO3/c1-2-11(15)14(17)18-13-10-6-4-3-5-9(10)7-8-12(13)16/h3-8,11,16H,2H2,1H3. The van der Waals surface area contributed by atoms with E-state index in [4.69, 9.17) is 4.74 Å². The van der Waals surface area contributed by atoms with Crippen molar-refractivity contribution in [3.05, 3.63) is 36.4 Å². The highest BCUT2D eigenvalue weighted by Crippen LogP contribution is 2.35. The van der Waals surface area contributed by atoms with Crippen molar-refractivity contribution in [2.75, 3.05) is 0 Å². The molecule has 0 aliphatic carbocycles. The molecule has 0 aromatic heterocycles. The third-order valence-electron chi connectivity index (χ3n) is 2.68. The fourth-order valence-electron chi connectivity index (χ4n) is 1.67. The van der Waals surface area contributed by atoms with E-state index in [0.717, 1.165) is 10.8 Å². The first-order valence-electron chi connectivity index (χ1n) is 5.70. The number of benzene rings is 2. The average molecular weight is 356 g/mol. The number of hydrogen-bond donors (Lipinski definition) is 1. The summed E-state index contributed by atoms with van der Waals surface area (Å²) in [5.74, 6) is -0.0975. The van der Waals surface area contributed by atoms with E-state index >= 15 is 0 Å². The van der Waals surface area contributed by atoms with Crippen LogP contribution in [0.25, 0.3) is 10.8 Å². The van der Waals surface area contributed by atoms with E-state index in [2.05, 4.69) is 0 Å². The van der Waals surface area contributed by atoms with Gasteiger partial charge in [-0.3, -0.25) is 4.79 Å². The van der Waals surface area contributed by atoms with E-state index in [-0.39, 0.29) is 21.4 Å². The van der Waals surface area contributed by atoms with Crippen molar-refractivity contribution in [2.24, 2.45) is 0 Å². The van der Waals surface area contributed by atoms with Crippen LogP contribution in [0.4, 0.5) is 0 Å². The molecule has 0 bridgehead atoms. The van der Waals surface area contributed by atoms with Crippen LogP contribution in [-0.2, 0) is 4.79 Å². The van der Waals surface area contributed by atoms with Crippen LogP contribution in [0.3, 0.4) is 0 Å². The van der Waals surface area contributed by atoms with E-state index in [1.54, 1.807) is 12.1 Å². The number of halogens is 1. The Labute approximate surface area is 119 Å². The van der Waals surface area contributed by atoms with Crippen molar-refractivity contribution in [3.8, 4) is 11.5 Å². The van der Waals surface area contributed by atoms with Gasteiger partial charge in [0.2, 0.25) is 0 Å². The molecule has 1 unspecified atom stereocenters. The zero-order chi connectivity index (χ0) is 13.1. The first-order chi connectivity index (χ1) is 8.63. The molecule has 1 atom stereocenters. The fraction of sp³-hybridized carbons (Fsp3) is 0.214. The van der Waals surface area contributed by atoms with Gasteiger partial charge in [0.25, 0.3) is 0 Å². The molecule has 2 aromatic carbocycles. The van der Waals surface area contributed by atoms with Crippen molar-refractivity contribution in [1.29, 1.82) is 0 Å². The number of phenolic OH excluding ortho intramolecular Hbond substituents is 1. The van der Waals surface area contributed by atoms with Crippen LogP contribution in [0, 0.1) is 0 Å². The maximum Gasteiger partial charge on any atom is 0.324 e. The van der Waals surface area contributed by atoms with Crippen molar-refractivity contribution in [1.82, 2.24) is 0 Å². The Morgan fingerprint density at radius 1 is 1.33 bits per heavy atom. The van der Waals surface area contributed by atoms with Gasteiger partial charge in [-0.2, -0.15) is 0 Å². The molecule has 0 fully saturated rings. The molecule has 18 heavy (non-hydrogen) atoms. The Bertz CT molecular complexity index is 580. The largest absolute Gasteiger partial charge is 0.504 e. The summed E-state index contributed by atoms with van der Waals surface area (Å²) in [6.07, 6.45) is 0.699. The third kappa shape index (κ3) is 2.58. The fourth-order valence-corrected chi connectivity index (χ4v) is 1.80. The second-order valence-corrected chi connectivity index (χ2v) is 5.44. The molecule has 1 N–H and O–H groups in total. The summed E-state index contributed by atoms with van der Waals surface area (Å²) < 4.78 is 5.11. The van der Waals surface area contributed by atoms with Crippen LogP contribution in [0.5, 0.6) is 11.5 Å². The minimum atomic E-state index is -0.329. The Hall–Kier alpha value is -1.30. The second-order valence-electron chi connectivity index (χ2n) is 3.93. The highest BCUT2D eigenvalue weighted by molar-refractivity contribution is 14.1. The van der Waals surface area contributed by atoms with E-state index in [1.165, 1.54) is 0 Å². The van der Waals surface area contributed by atoms with Gasteiger partial charge in [0.05, 0.1) is 0 Å². The van der Waals surface area contributed by atoms with E-state index in [1.807, 2.05) is 53.8 Å². The molecule has 4 heteroatoms. The summed E-state index contributed by atoms with van der Waals surface area (Å²) in [4.78, 5) is 11.8.